The van der Waals surface area contributed by atoms with Gasteiger partial charge in [-0.25, -0.2) is 24.4 Å². The molecule has 0 saturated heterocycles. The highest BCUT2D eigenvalue weighted by molar-refractivity contribution is 5.61. The van der Waals surface area contributed by atoms with Gasteiger partial charge < -0.3 is 4.48 Å². The number of rotatable bonds is 8. The number of quaternary nitrogens is 1. The third kappa shape index (κ3) is 4.71. The lowest BCUT2D eigenvalue weighted by molar-refractivity contribution is -0.870. The van der Waals surface area contributed by atoms with Crippen molar-refractivity contribution in [1.29, 1.82) is 0 Å². The highest BCUT2D eigenvalue weighted by Gasteiger charge is 2.07. The second kappa shape index (κ2) is 7.33. The molecule has 0 fully saturated rings. The molecular formula is C16H24N5O3+. The minimum atomic E-state index is -0.509. The lowest BCUT2D eigenvalue weighted by Gasteiger charge is -2.23. The molecule has 0 bridgehead atoms. The summed E-state index contributed by atoms with van der Waals surface area (Å²) in [5, 5.41) is 4.48. The molecule has 3 N–H and O–H groups in total. The fourth-order valence-electron chi connectivity index (χ4n) is 2.17. The maximum absolute atomic E-state index is 11.6. The first-order valence-corrected chi connectivity index (χ1v) is 7.65. The molecule has 2 rings (SSSR count). The van der Waals surface area contributed by atoms with Gasteiger partial charge in [0.1, 0.15) is 0 Å². The number of benzene rings is 1. The predicted molar refractivity (Wildman–Crippen MR) is 92.6 cm³/mol. The van der Waals surface area contributed by atoms with Gasteiger partial charge in [0.25, 0.3) is 0 Å². The van der Waals surface area contributed by atoms with E-state index in [2.05, 4.69) is 43.4 Å². The molecule has 0 aliphatic carbocycles. The fourth-order valence-corrected chi connectivity index (χ4v) is 2.17. The van der Waals surface area contributed by atoms with Crippen molar-refractivity contribution in [2.45, 2.75) is 6.42 Å². The van der Waals surface area contributed by atoms with Crippen LogP contribution in [0.3, 0.4) is 0 Å². The Kier molecular flexibility index (Phi) is 5.42. The van der Waals surface area contributed by atoms with Gasteiger partial charge in [0, 0.05) is 6.42 Å². The van der Waals surface area contributed by atoms with E-state index in [4.69, 9.17) is 4.84 Å². The Labute approximate surface area is 139 Å². The molecule has 0 aliphatic heterocycles. The fraction of sp³-hybridized carbons (Fsp3) is 0.375. The molecule has 0 radical (unpaired) electrons. The average molecular weight is 334 g/mol. The second-order valence-corrected chi connectivity index (χ2v) is 6.54. The molecule has 1 heterocycles. The molecule has 1 aromatic heterocycles. The summed E-state index contributed by atoms with van der Waals surface area (Å²) in [4.78, 5) is 28.5. The Morgan fingerprint density at radius 3 is 2.29 bits per heavy atom. The van der Waals surface area contributed by atoms with Crippen LogP contribution in [0.2, 0.25) is 0 Å². The molecule has 8 nitrogen and oxygen atoms in total. The van der Waals surface area contributed by atoms with E-state index in [1.165, 1.54) is 0 Å². The second-order valence-electron chi connectivity index (χ2n) is 6.54. The summed E-state index contributed by atoms with van der Waals surface area (Å²) in [6.45, 7) is 5.52. The van der Waals surface area contributed by atoms with E-state index in [1.54, 1.807) is 24.3 Å². The van der Waals surface area contributed by atoms with Gasteiger partial charge in [0.15, 0.2) is 0 Å². The molecule has 1 aromatic carbocycles. The van der Waals surface area contributed by atoms with Crippen molar-refractivity contribution >= 4 is 5.70 Å². The molecule has 2 aromatic rings. The summed E-state index contributed by atoms with van der Waals surface area (Å²) < 4.78 is 1.91. The number of nitrogens with zero attached hydrogens (tertiary/aromatic N) is 2. The number of nitrogens with one attached hydrogen (secondary N) is 3. The number of aromatic nitrogens is 3. The highest BCUT2D eigenvalue weighted by atomic mass is 16.6. The number of hydrogen-bond donors (Lipinski definition) is 3. The molecule has 0 spiro atoms. The predicted octanol–water partition coefficient (Wildman–Crippen LogP) is 0.442. The van der Waals surface area contributed by atoms with E-state index in [9.17, 15) is 9.59 Å². The van der Waals surface area contributed by atoms with Crippen molar-refractivity contribution < 1.29 is 9.32 Å². The van der Waals surface area contributed by atoms with E-state index in [0.29, 0.717) is 18.0 Å². The minimum Gasteiger partial charge on any atom is -0.331 e. The van der Waals surface area contributed by atoms with Crippen molar-refractivity contribution in [1.82, 2.24) is 20.2 Å². The van der Waals surface area contributed by atoms with Gasteiger partial charge in [-0.1, -0.05) is 18.7 Å². The lowest BCUT2D eigenvalue weighted by Crippen LogP contribution is -2.36. The van der Waals surface area contributed by atoms with Crippen molar-refractivity contribution in [3.63, 3.8) is 0 Å². The normalized spacial score (nSPS) is 11.5. The summed E-state index contributed by atoms with van der Waals surface area (Å²) in [6.07, 6.45) is 0.932. The first-order chi connectivity index (χ1) is 11.3. The van der Waals surface area contributed by atoms with Crippen LogP contribution in [0.4, 0.5) is 0 Å². The van der Waals surface area contributed by atoms with Crippen molar-refractivity contribution in [2.24, 2.45) is 0 Å². The van der Waals surface area contributed by atoms with Gasteiger partial charge in [-0.15, -0.1) is 0 Å². The summed E-state index contributed by atoms with van der Waals surface area (Å²) in [7, 11) is 6.40. The van der Waals surface area contributed by atoms with Gasteiger partial charge in [-0.05, 0) is 17.7 Å². The molecule has 24 heavy (non-hydrogen) atoms. The molecule has 0 saturated carbocycles. The molecule has 0 atom stereocenters. The van der Waals surface area contributed by atoms with E-state index in [-0.39, 0.29) is 0 Å². The molecule has 8 heteroatoms. The maximum Gasteiger partial charge on any atom is 0.348 e. The Bertz CT molecular complexity index is 765. The monoisotopic (exact) mass is 334 g/mol. The van der Waals surface area contributed by atoms with Crippen LogP contribution in [0, 0.1) is 0 Å². The zero-order valence-electron chi connectivity index (χ0n) is 14.3. The van der Waals surface area contributed by atoms with Crippen molar-refractivity contribution in [2.75, 3.05) is 34.3 Å². The van der Waals surface area contributed by atoms with E-state index >= 15 is 0 Å². The Balaban J connectivity index is 1.90. The van der Waals surface area contributed by atoms with Gasteiger partial charge >= 0.3 is 11.4 Å². The van der Waals surface area contributed by atoms with Crippen LogP contribution in [-0.2, 0) is 4.84 Å². The van der Waals surface area contributed by atoms with Gasteiger partial charge in [-0.3, -0.25) is 10.3 Å². The number of aromatic amines is 2. The van der Waals surface area contributed by atoms with Gasteiger partial charge in [0.2, 0.25) is 0 Å². The van der Waals surface area contributed by atoms with Gasteiger partial charge in [-0.2, -0.15) is 0 Å². The molecule has 0 aliphatic rings. The zero-order chi connectivity index (χ0) is 17.7. The smallest absolute Gasteiger partial charge is 0.331 e. The topological polar surface area (TPSA) is 91.9 Å². The zero-order valence-corrected chi connectivity index (χ0v) is 14.3. The average Bonchev–Trinajstić information content (AvgIpc) is 2.85. The van der Waals surface area contributed by atoms with Crippen LogP contribution in [0.15, 0.2) is 40.4 Å². The van der Waals surface area contributed by atoms with E-state index < -0.39 is 11.4 Å². The van der Waals surface area contributed by atoms with Crippen LogP contribution >= 0.6 is 0 Å². The van der Waals surface area contributed by atoms with Crippen LogP contribution in [0.5, 0.6) is 0 Å². The van der Waals surface area contributed by atoms with Crippen molar-refractivity contribution in [3.8, 4) is 5.69 Å². The molecule has 0 amide bonds. The third-order valence-corrected chi connectivity index (χ3v) is 3.43. The minimum absolute atomic E-state index is 0.475. The summed E-state index contributed by atoms with van der Waals surface area (Å²) in [6, 6.07) is 6.87. The Morgan fingerprint density at radius 1 is 1.17 bits per heavy atom. The lowest BCUT2D eigenvalue weighted by atomic mass is 10.1. The first-order valence-electron chi connectivity index (χ1n) is 7.65. The van der Waals surface area contributed by atoms with Crippen LogP contribution < -0.4 is 16.9 Å². The van der Waals surface area contributed by atoms with E-state index in [0.717, 1.165) is 27.6 Å². The number of H-pyrrole nitrogens is 2. The number of hydroxylamine groups is 1. The quantitative estimate of drug-likeness (QED) is 0.371. The maximum atomic E-state index is 11.6. The Morgan fingerprint density at radius 2 is 1.75 bits per heavy atom. The standard InChI is InChI=1S/C16H23N5O3/c1-12(19-24-11-5-10-21(2,3)4)13-6-8-14(9-7-13)20-15(22)17-18-16(20)23/h6-9,19H,1,5,10-11H2,2-4H3,(H-,17,18,22,23)/p+1. The summed E-state index contributed by atoms with van der Waals surface area (Å²) in [5.41, 5.74) is 3.70. The van der Waals surface area contributed by atoms with Crippen LogP contribution in [0.25, 0.3) is 11.4 Å². The molecule has 0 unspecified atom stereocenters. The van der Waals surface area contributed by atoms with Gasteiger partial charge in [0.05, 0.1) is 45.7 Å². The van der Waals surface area contributed by atoms with Crippen LogP contribution in [0.1, 0.15) is 12.0 Å². The Hall–Kier alpha value is -2.58. The SMILES string of the molecule is C=C(NOCCC[N+](C)(C)C)c1ccc(-n2c(=O)[nH][nH]c2=O)cc1. The number of hydrogen-bond acceptors (Lipinski definition) is 4. The van der Waals surface area contributed by atoms with E-state index in [1.807, 2.05) is 0 Å². The largest absolute Gasteiger partial charge is 0.348 e. The first kappa shape index (κ1) is 17.8. The third-order valence-electron chi connectivity index (χ3n) is 3.43. The summed E-state index contributed by atoms with van der Waals surface area (Å²) in [5.74, 6) is 0. The highest BCUT2D eigenvalue weighted by Crippen LogP contribution is 2.12. The van der Waals surface area contributed by atoms with Crippen molar-refractivity contribution in [3.05, 3.63) is 57.4 Å². The molecule has 130 valence electrons. The summed E-state index contributed by atoms with van der Waals surface area (Å²) >= 11 is 0. The molecular weight excluding hydrogens is 310 g/mol. The van der Waals surface area contributed by atoms with Crippen LogP contribution in [-0.4, -0.2) is 53.5 Å².